The monoisotopic (exact) mass is 259 g/mol. The summed E-state index contributed by atoms with van der Waals surface area (Å²) in [5.41, 5.74) is 0.141. The molecule has 1 atom stereocenters. The van der Waals surface area contributed by atoms with Crippen LogP contribution in [-0.2, 0) is 4.74 Å². The van der Waals surface area contributed by atoms with Crippen molar-refractivity contribution in [2.24, 2.45) is 0 Å². The van der Waals surface area contributed by atoms with Crippen molar-refractivity contribution in [1.29, 1.82) is 0 Å². The largest absolute Gasteiger partial charge is 0.389 e. The van der Waals surface area contributed by atoms with Gasteiger partial charge < -0.3 is 15.2 Å². The van der Waals surface area contributed by atoms with Crippen LogP contribution in [0.15, 0.2) is 0 Å². The molecule has 0 aliphatic carbocycles. The summed E-state index contributed by atoms with van der Waals surface area (Å²) in [5, 5.41) is 13.2. The van der Waals surface area contributed by atoms with Crippen molar-refractivity contribution in [1.82, 2.24) is 5.32 Å². The molecular weight excluding hydrogens is 226 g/mol. The van der Waals surface area contributed by atoms with E-state index in [0.717, 1.165) is 25.9 Å². The second-order valence-corrected chi connectivity index (χ2v) is 5.44. The van der Waals surface area contributed by atoms with E-state index < -0.39 is 6.10 Å². The number of hydrogen-bond acceptors (Lipinski definition) is 3. The maximum Gasteiger partial charge on any atom is 0.0897 e. The van der Waals surface area contributed by atoms with E-state index in [-0.39, 0.29) is 5.54 Å². The molecule has 0 rings (SSSR count). The summed E-state index contributed by atoms with van der Waals surface area (Å²) in [7, 11) is 0. The first-order chi connectivity index (χ1) is 8.58. The Balaban J connectivity index is 3.50. The Morgan fingerprint density at radius 1 is 1.11 bits per heavy atom. The van der Waals surface area contributed by atoms with Crippen LogP contribution in [0.4, 0.5) is 0 Å². The van der Waals surface area contributed by atoms with Gasteiger partial charge in [-0.2, -0.15) is 0 Å². The Kier molecular flexibility index (Phi) is 10.7. The Morgan fingerprint density at radius 2 is 1.78 bits per heavy atom. The molecule has 2 N–H and O–H groups in total. The van der Waals surface area contributed by atoms with Crippen molar-refractivity contribution in [3.05, 3.63) is 0 Å². The molecule has 0 aromatic carbocycles. The molecule has 0 aliphatic heterocycles. The van der Waals surface area contributed by atoms with Gasteiger partial charge in [0.25, 0.3) is 0 Å². The molecular formula is C15H33NO2. The van der Waals surface area contributed by atoms with Crippen LogP contribution in [0.5, 0.6) is 0 Å². The van der Waals surface area contributed by atoms with Crippen LogP contribution in [0.2, 0.25) is 0 Å². The van der Waals surface area contributed by atoms with Crippen LogP contribution in [0.3, 0.4) is 0 Å². The third kappa shape index (κ3) is 8.90. The van der Waals surface area contributed by atoms with Gasteiger partial charge >= 0.3 is 0 Å². The van der Waals surface area contributed by atoms with Crippen molar-refractivity contribution in [3.8, 4) is 0 Å². The van der Waals surface area contributed by atoms with E-state index in [0.29, 0.717) is 13.2 Å². The molecule has 0 radical (unpaired) electrons. The van der Waals surface area contributed by atoms with E-state index in [4.69, 9.17) is 4.74 Å². The minimum atomic E-state index is -0.395. The third-order valence-corrected chi connectivity index (χ3v) is 3.78. The molecule has 110 valence electrons. The molecule has 0 saturated heterocycles. The lowest BCUT2D eigenvalue weighted by Crippen LogP contribution is -2.45. The number of nitrogens with one attached hydrogen (secondary N) is 1. The highest BCUT2D eigenvalue weighted by atomic mass is 16.5. The number of rotatable bonds is 12. The van der Waals surface area contributed by atoms with Crippen LogP contribution in [0.25, 0.3) is 0 Å². The normalized spacial score (nSPS) is 13.8. The van der Waals surface area contributed by atoms with Crippen LogP contribution in [0, 0.1) is 0 Å². The lowest BCUT2D eigenvalue weighted by molar-refractivity contribution is 0.0312. The van der Waals surface area contributed by atoms with Gasteiger partial charge in [-0.3, -0.25) is 0 Å². The van der Waals surface area contributed by atoms with Gasteiger partial charge in [-0.05, 0) is 26.2 Å². The zero-order valence-electron chi connectivity index (χ0n) is 12.8. The van der Waals surface area contributed by atoms with Gasteiger partial charge in [-0.25, -0.2) is 0 Å². The van der Waals surface area contributed by atoms with Gasteiger partial charge in [-0.15, -0.1) is 0 Å². The summed E-state index contributed by atoms with van der Waals surface area (Å²) in [6.45, 7) is 10.6. The molecule has 0 amide bonds. The summed E-state index contributed by atoms with van der Waals surface area (Å²) in [6.07, 6.45) is 6.62. The van der Waals surface area contributed by atoms with Crippen LogP contribution in [0.1, 0.15) is 66.2 Å². The minimum absolute atomic E-state index is 0.141. The standard InChI is InChI=1S/C15H33NO2/c1-5-8-9-10-11-18-13-14(17)12-16-15(4,6-2)7-3/h14,16-17H,5-13H2,1-4H3. The molecule has 0 heterocycles. The van der Waals surface area contributed by atoms with E-state index in [1.54, 1.807) is 0 Å². The number of aliphatic hydroxyl groups is 1. The average Bonchev–Trinajstić information content (AvgIpc) is 2.40. The van der Waals surface area contributed by atoms with E-state index >= 15 is 0 Å². The molecule has 0 aromatic rings. The van der Waals surface area contributed by atoms with Gasteiger partial charge in [0.1, 0.15) is 0 Å². The summed E-state index contributed by atoms with van der Waals surface area (Å²) < 4.78 is 5.48. The lowest BCUT2D eigenvalue weighted by Gasteiger charge is -2.29. The van der Waals surface area contributed by atoms with Gasteiger partial charge in [-0.1, -0.05) is 40.0 Å². The molecule has 1 unspecified atom stereocenters. The van der Waals surface area contributed by atoms with E-state index in [1.807, 2.05) is 0 Å². The Bertz CT molecular complexity index is 181. The van der Waals surface area contributed by atoms with Crippen molar-refractivity contribution >= 4 is 0 Å². The number of unbranched alkanes of at least 4 members (excludes halogenated alkanes) is 3. The molecule has 0 spiro atoms. The van der Waals surface area contributed by atoms with Gasteiger partial charge in [0, 0.05) is 18.7 Å². The summed E-state index contributed by atoms with van der Waals surface area (Å²) in [5.74, 6) is 0. The molecule has 0 saturated carbocycles. The van der Waals surface area contributed by atoms with Gasteiger partial charge in [0.2, 0.25) is 0 Å². The SMILES string of the molecule is CCCCCCOCC(O)CNC(C)(CC)CC. The number of aliphatic hydroxyl groups excluding tert-OH is 1. The van der Waals surface area contributed by atoms with Crippen LogP contribution < -0.4 is 5.32 Å². The first kappa shape index (κ1) is 17.9. The zero-order valence-corrected chi connectivity index (χ0v) is 12.8. The van der Waals surface area contributed by atoms with Crippen LogP contribution >= 0.6 is 0 Å². The molecule has 0 aliphatic rings. The highest BCUT2D eigenvalue weighted by molar-refractivity contribution is 4.80. The molecule has 0 bridgehead atoms. The lowest BCUT2D eigenvalue weighted by atomic mass is 9.95. The highest BCUT2D eigenvalue weighted by Crippen LogP contribution is 2.13. The van der Waals surface area contributed by atoms with E-state index in [9.17, 15) is 5.11 Å². The number of β-amino-alcohol motifs (C(OH)–C–C–N with tert-alkyl or cyclic N) is 1. The number of hydrogen-bond donors (Lipinski definition) is 2. The van der Waals surface area contributed by atoms with Gasteiger partial charge in [0.05, 0.1) is 12.7 Å². The second kappa shape index (κ2) is 10.8. The maximum absolute atomic E-state index is 9.82. The predicted molar refractivity (Wildman–Crippen MR) is 78.0 cm³/mol. The average molecular weight is 259 g/mol. The van der Waals surface area contributed by atoms with E-state index in [2.05, 4.69) is 33.0 Å². The first-order valence-corrected chi connectivity index (χ1v) is 7.58. The van der Waals surface area contributed by atoms with Crippen molar-refractivity contribution in [3.63, 3.8) is 0 Å². The van der Waals surface area contributed by atoms with Crippen molar-refractivity contribution in [2.75, 3.05) is 19.8 Å². The fraction of sp³-hybridized carbons (Fsp3) is 1.00. The Morgan fingerprint density at radius 3 is 2.33 bits per heavy atom. The molecule has 3 nitrogen and oxygen atoms in total. The smallest absolute Gasteiger partial charge is 0.0897 e. The van der Waals surface area contributed by atoms with Crippen LogP contribution in [-0.4, -0.2) is 36.5 Å². The molecule has 3 heteroatoms. The topological polar surface area (TPSA) is 41.5 Å². The molecule has 0 fully saturated rings. The third-order valence-electron chi connectivity index (χ3n) is 3.78. The molecule has 18 heavy (non-hydrogen) atoms. The van der Waals surface area contributed by atoms with Crippen molar-refractivity contribution in [2.45, 2.75) is 77.9 Å². The van der Waals surface area contributed by atoms with Gasteiger partial charge in [0.15, 0.2) is 0 Å². The van der Waals surface area contributed by atoms with E-state index in [1.165, 1.54) is 19.3 Å². The maximum atomic E-state index is 9.82. The fourth-order valence-corrected chi connectivity index (χ4v) is 1.77. The quantitative estimate of drug-likeness (QED) is 0.529. The predicted octanol–water partition coefficient (Wildman–Crippen LogP) is 3.11. The first-order valence-electron chi connectivity index (χ1n) is 7.58. The summed E-state index contributed by atoms with van der Waals surface area (Å²) in [6, 6.07) is 0. The van der Waals surface area contributed by atoms with Crippen molar-refractivity contribution < 1.29 is 9.84 Å². The number of ether oxygens (including phenoxy) is 1. The second-order valence-electron chi connectivity index (χ2n) is 5.44. The zero-order chi connectivity index (χ0) is 13.9. The molecule has 0 aromatic heterocycles. The Labute approximate surface area is 113 Å². The minimum Gasteiger partial charge on any atom is -0.389 e. The summed E-state index contributed by atoms with van der Waals surface area (Å²) in [4.78, 5) is 0. The Hall–Kier alpha value is -0.120. The fourth-order valence-electron chi connectivity index (χ4n) is 1.77. The highest BCUT2D eigenvalue weighted by Gasteiger charge is 2.19. The summed E-state index contributed by atoms with van der Waals surface area (Å²) >= 11 is 0.